The highest BCUT2D eigenvalue weighted by Gasteiger charge is 2.34. The topological polar surface area (TPSA) is 24.5 Å². The van der Waals surface area contributed by atoms with E-state index in [-0.39, 0.29) is 0 Å². The Morgan fingerprint density at radius 2 is 1.89 bits per heavy atom. The second-order valence-corrected chi connectivity index (χ2v) is 6.68. The number of hydrogen-bond acceptors (Lipinski definition) is 3. The fourth-order valence-electron chi connectivity index (χ4n) is 4.26. The van der Waals surface area contributed by atoms with Crippen LogP contribution in [0.5, 0.6) is 0 Å². The van der Waals surface area contributed by atoms with Crippen LogP contribution in [0.15, 0.2) is 0 Å². The molecule has 0 saturated carbocycles. The molecule has 0 aromatic carbocycles. The summed E-state index contributed by atoms with van der Waals surface area (Å²) in [6.07, 6.45) is 8.71. The van der Waals surface area contributed by atoms with Gasteiger partial charge in [-0.15, -0.1) is 0 Å². The van der Waals surface area contributed by atoms with Crippen molar-refractivity contribution in [1.82, 2.24) is 10.2 Å². The lowest BCUT2D eigenvalue weighted by atomic mass is 9.89. The van der Waals surface area contributed by atoms with E-state index in [2.05, 4.69) is 24.2 Å². The molecule has 4 unspecified atom stereocenters. The van der Waals surface area contributed by atoms with E-state index in [0.29, 0.717) is 12.1 Å². The average molecular weight is 252 g/mol. The Bertz CT molecular complexity index is 270. The summed E-state index contributed by atoms with van der Waals surface area (Å²) in [5.41, 5.74) is 0. The summed E-state index contributed by atoms with van der Waals surface area (Å²) >= 11 is 0. The minimum atomic E-state index is 0.430. The van der Waals surface area contributed by atoms with Gasteiger partial charge in [0.05, 0.1) is 6.10 Å². The van der Waals surface area contributed by atoms with Gasteiger partial charge in [0.2, 0.25) is 0 Å². The number of nitrogens with zero attached hydrogens (tertiary/aromatic N) is 1. The van der Waals surface area contributed by atoms with Gasteiger partial charge < -0.3 is 15.0 Å². The third-order valence-corrected chi connectivity index (χ3v) is 5.36. The lowest BCUT2D eigenvalue weighted by Gasteiger charge is -2.32. The summed E-state index contributed by atoms with van der Waals surface area (Å²) in [4.78, 5) is 2.54. The van der Waals surface area contributed by atoms with Crippen LogP contribution in [-0.2, 0) is 4.74 Å². The molecule has 4 atom stereocenters. The molecule has 3 aliphatic heterocycles. The summed E-state index contributed by atoms with van der Waals surface area (Å²) in [7, 11) is 2.28. The van der Waals surface area contributed by atoms with Gasteiger partial charge in [-0.1, -0.05) is 0 Å². The maximum absolute atomic E-state index is 5.67. The Labute approximate surface area is 111 Å². The monoisotopic (exact) mass is 252 g/mol. The molecule has 0 radical (unpaired) electrons. The normalized spacial score (nSPS) is 43.8. The van der Waals surface area contributed by atoms with Crippen LogP contribution in [0.4, 0.5) is 0 Å². The molecule has 0 aromatic heterocycles. The van der Waals surface area contributed by atoms with Crippen molar-refractivity contribution < 1.29 is 4.74 Å². The molecule has 0 aromatic rings. The summed E-state index contributed by atoms with van der Waals surface area (Å²) in [6.45, 7) is 4.43. The Hall–Kier alpha value is -0.120. The fourth-order valence-corrected chi connectivity index (χ4v) is 4.26. The predicted molar refractivity (Wildman–Crippen MR) is 73.7 cm³/mol. The van der Waals surface area contributed by atoms with Crippen molar-refractivity contribution in [3.8, 4) is 0 Å². The van der Waals surface area contributed by atoms with Gasteiger partial charge >= 0.3 is 0 Å². The molecule has 1 N–H and O–H groups in total. The first-order valence-electron chi connectivity index (χ1n) is 7.80. The van der Waals surface area contributed by atoms with Crippen molar-refractivity contribution >= 4 is 0 Å². The lowest BCUT2D eigenvalue weighted by molar-refractivity contribution is 0.0805. The van der Waals surface area contributed by atoms with E-state index in [4.69, 9.17) is 4.74 Å². The fraction of sp³-hybridized carbons (Fsp3) is 1.00. The molecule has 3 heteroatoms. The molecule has 3 saturated heterocycles. The van der Waals surface area contributed by atoms with E-state index >= 15 is 0 Å². The van der Waals surface area contributed by atoms with Crippen LogP contribution in [0.25, 0.3) is 0 Å². The van der Waals surface area contributed by atoms with Crippen molar-refractivity contribution in [2.45, 2.75) is 69.7 Å². The molecule has 3 nitrogen and oxygen atoms in total. The summed E-state index contributed by atoms with van der Waals surface area (Å²) in [6, 6.07) is 2.34. The smallest absolute Gasteiger partial charge is 0.0702 e. The van der Waals surface area contributed by atoms with E-state index in [1.165, 1.54) is 45.1 Å². The van der Waals surface area contributed by atoms with Crippen LogP contribution in [0.3, 0.4) is 0 Å². The molecule has 18 heavy (non-hydrogen) atoms. The van der Waals surface area contributed by atoms with Gasteiger partial charge in [0.15, 0.2) is 0 Å². The van der Waals surface area contributed by atoms with Gasteiger partial charge in [-0.05, 0) is 65.0 Å². The number of hydrogen-bond donors (Lipinski definition) is 1. The van der Waals surface area contributed by atoms with Crippen LogP contribution in [0.2, 0.25) is 0 Å². The van der Waals surface area contributed by atoms with Crippen LogP contribution in [-0.4, -0.2) is 49.3 Å². The van der Waals surface area contributed by atoms with E-state index in [1.54, 1.807) is 0 Å². The molecule has 3 rings (SSSR count). The Kier molecular flexibility index (Phi) is 3.92. The van der Waals surface area contributed by atoms with Gasteiger partial charge in [0.1, 0.15) is 0 Å². The first-order chi connectivity index (χ1) is 8.72. The molecule has 2 bridgehead atoms. The molecular weight excluding hydrogens is 224 g/mol. The van der Waals surface area contributed by atoms with Gasteiger partial charge in [-0.25, -0.2) is 0 Å². The van der Waals surface area contributed by atoms with Crippen LogP contribution in [0, 0.1) is 5.92 Å². The zero-order chi connectivity index (χ0) is 12.5. The van der Waals surface area contributed by atoms with Crippen LogP contribution >= 0.6 is 0 Å². The maximum atomic E-state index is 5.67. The highest BCUT2D eigenvalue weighted by atomic mass is 16.5. The largest absolute Gasteiger partial charge is 0.377 e. The third kappa shape index (κ3) is 2.73. The van der Waals surface area contributed by atoms with Crippen molar-refractivity contribution in [2.24, 2.45) is 5.92 Å². The van der Waals surface area contributed by atoms with Gasteiger partial charge in [0.25, 0.3) is 0 Å². The lowest BCUT2D eigenvalue weighted by Crippen LogP contribution is -2.41. The molecule has 3 aliphatic rings. The second kappa shape index (κ2) is 5.48. The first-order valence-corrected chi connectivity index (χ1v) is 7.80. The number of likely N-dealkylation sites (N-methyl/N-ethyl adjacent to an activating group) is 1. The highest BCUT2D eigenvalue weighted by molar-refractivity contribution is 4.92. The number of nitrogens with one attached hydrogen (secondary N) is 1. The van der Waals surface area contributed by atoms with Gasteiger partial charge in [-0.3, -0.25) is 0 Å². The zero-order valence-electron chi connectivity index (χ0n) is 11.9. The quantitative estimate of drug-likeness (QED) is 0.828. The van der Waals surface area contributed by atoms with Gasteiger partial charge in [0, 0.05) is 24.7 Å². The predicted octanol–water partition coefficient (Wildman–Crippen LogP) is 2.02. The third-order valence-electron chi connectivity index (χ3n) is 5.36. The van der Waals surface area contributed by atoms with Gasteiger partial charge in [-0.2, -0.15) is 0 Å². The SMILES string of the molecule is CC1OCCC1N(C)CCC1CC2CCC(C1)N2. The number of rotatable bonds is 4. The van der Waals surface area contributed by atoms with E-state index in [9.17, 15) is 0 Å². The summed E-state index contributed by atoms with van der Waals surface area (Å²) < 4.78 is 5.67. The zero-order valence-corrected chi connectivity index (χ0v) is 11.9. The Morgan fingerprint density at radius 3 is 2.50 bits per heavy atom. The minimum absolute atomic E-state index is 0.430. The number of ether oxygens (including phenoxy) is 1. The Balaban J connectivity index is 1.43. The first kappa shape index (κ1) is 12.9. The van der Waals surface area contributed by atoms with Crippen molar-refractivity contribution in [3.63, 3.8) is 0 Å². The van der Waals surface area contributed by atoms with Crippen molar-refractivity contribution in [2.75, 3.05) is 20.2 Å². The summed E-state index contributed by atoms with van der Waals surface area (Å²) in [5, 5.41) is 3.74. The van der Waals surface area contributed by atoms with Crippen LogP contribution in [0.1, 0.15) is 45.4 Å². The molecule has 0 aliphatic carbocycles. The Morgan fingerprint density at radius 1 is 1.17 bits per heavy atom. The van der Waals surface area contributed by atoms with E-state index < -0.39 is 0 Å². The highest BCUT2D eigenvalue weighted by Crippen LogP contribution is 2.33. The average Bonchev–Trinajstić information content (AvgIpc) is 2.93. The standard InChI is InChI=1S/C15H28N2O/c1-11-15(6-8-18-11)17(2)7-5-12-9-13-3-4-14(10-12)16-13/h11-16H,3-10H2,1-2H3. The second-order valence-electron chi connectivity index (χ2n) is 6.68. The maximum Gasteiger partial charge on any atom is 0.0702 e. The molecule has 0 spiro atoms. The van der Waals surface area contributed by atoms with Crippen molar-refractivity contribution in [3.05, 3.63) is 0 Å². The number of piperidine rings is 1. The molecule has 3 heterocycles. The van der Waals surface area contributed by atoms with Crippen LogP contribution < -0.4 is 5.32 Å². The van der Waals surface area contributed by atoms with E-state index in [0.717, 1.165) is 24.6 Å². The molecular formula is C15H28N2O. The van der Waals surface area contributed by atoms with E-state index in [1.807, 2.05) is 0 Å². The summed E-state index contributed by atoms with van der Waals surface area (Å²) in [5.74, 6) is 0.962. The minimum Gasteiger partial charge on any atom is -0.377 e. The molecule has 104 valence electrons. The molecule has 3 fully saturated rings. The number of fused-ring (bicyclic) bond motifs is 2. The molecule has 0 amide bonds. The van der Waals surface area contributed by atoms with Crippen molar-refractivity contribution in [1.29, 1.82) is 0 Å².